The second kappa shape index (κ2) is 4.95. The van der Waals surface area contributed by atoms with Gasteiger partial charge in [-0.25, -0.2) is 0 Å². The maximum absolute atomic E-state index is 12.8. The average molecular weight is 286 g/mol. The molecule has 0 spiro atoms. The fourth-order valence-corrected chi connectivity index (χ4v) is 3.66. The van der Waals surface area contributed by atoms with E-state index in [0.717, 1.165) is 24.0 Å². The van der Waals surface area contributed by atoms with Crippen molar-refractivity contribution in [2.45, 2.75) is 58.7 Å². The van der Waals surface area contributed by atoms with Crippen LogP contribution in [-0.4, -0.2) is 34.8 Å². The molecule has 0 saturated carbocycles. The minimum absolute atomic E-state index is 0.0487. The molecule has 2 aliphatic heterocycles. The number of benzene rings is 1. The zero-order chi connectivity index (χ0) is 15.3. The van der Waals surface area contributed by atoms with E-state index >= 15 is 0 Å². The van der Waals surface area contributed by atoms with E-state index in [4.69, 9.17) is 0 Å². The number of hydrogen-bond acceptors (Lipinski definition) is 3. The first-order valence-corrected chi connectivity index (χ1v) is 7.66. The van der Waals surface area contributed by atoms with Crippen LogP contribution in [0, 0.1) is 13.8 Å². The Morgan fingerprint density at radius 1 is 1.00 bits per heavy atom. The molecule has 0 bridgehead atoms. The standard InChI is InChI=1S/C17H22N2O2/c1-9-5-6-10(2)15-14(9)16(20)19(17(15)21)13-8-7-11(3)18-12(13)4/h5-6,11-13,18H,7-8H2,1-4H3. The quantitative estimate of drug-likeness (QED) is 0.807. The van der Waals surface area contributed by atoms with Crippen molar-refractivity contribution in [1.29, 1.82) is 0 Å². The number of hydrogen-bond donors (Lipinski definition) is 1. The number of aryl methyl sites for hydroxylation is 2. The summed E-state index contributed by atoms with van der Waals surface area (Å²) in [5.41, 5.74) is 2.99. The van der Waals surface area contributed by atoms with E-state index in [1.165, 1.54) is 4.90 Å². The Morgan fingerprint density at radius 3 is 2.00 bits per heavy atom. The van der Waals surface area contributed by atoms with Gasteiger partial charge in [-0.3, -0.25) is 14.5 Å². The van der Waals surface area contributed by atoms with Gasteiger partial charge < -0.3 is 5.32 Å². The van der Waals surface area contributed by atoms with Crippen LogP contribution in [0.2, 0.25) is 0 Å². The fourth-order valence-electron chi connectivity index (χ4n) is 3.66. The highest BCUT2D eigenvalue weighted by molar-refractivity contribution is 6.22. The summed E-state index contributed by atoms with van der Waals surface area (Å²) >= 11 is 0. The summed E-state index contributed by atoms with van der Waals surface area (Å²) in [6.45, 7) is 8.00. The molecule has 1 saturated heterocycles. The van der Waals surface area contributed by atoms with E-state index in [1.54, 1.807) is 0 Å². The number of nitrogens with one attached hydrogen (secondary N) is 1. The van der Waals surface area contributed by atoms with Gasteiger partial charge in [-0.15, -0.1) is 0 Å². The fraction of sp³-hybridized carbons (Fsp3) is 0.529. The molecule has 2 aliphatic rings. The Balaban J connectivity index is 2.01. The third-order valence-corrected chi connectivity index (χ3v) is 4.84. The Hall–Kier alpha value is -1.68. The van der Waals surface area contributed by atoms with Crippen molar-refractivity contribution in [1.82, 2.24) is 10.2 Å². The molecule has 112 valence electrons. The van der Waals surface area contributed by atoms with Gasteiger partial charge in [-0.05, 0) is 51.7 Å². The van der Waals surface area contributed by atoms with Crippen molar-refractivity contribution in [3.05, 3.63) is 34.4 Å². The molecule has 4 nitrogen and oxygen atoms in total. The molecular weight excluding hydrogens is 264 g/mol. The normalized spacial score (nSPS) is 29.0. The Labute approximate surface area is 125 Å². The van der Waals surface area contributed by atoms with Crippen LogP contribution in [0.1, 0.15) is 58.5 Å². The number of rotatable bonds is 1. The number of amides is 2. The van der Waals surface area contributed by atoms with Crippen molar-refractivity contribution in [2.24, 2.45) is 0 Å². The lowest BCUT2D eigenvalue weighted by atomic mass is 9.94. The molecule has 2 heterocycles. The minimum atomic E-state index is -0.121. The topological polar surface area (TPSA) is 49.4 Å². The monoisotopic (exact) mass is 286 g/mol. The van der Waals surface area contributed by atoms with E-state index in [1.807, 2.05) is 26.0 Å². The van der Waals surface area contributed by atoms with Crippen molar-refractivity contribution in [2.75, 3.05) is 0 Å². The molecule has 1 N–H and O–H groups in total. The molecule has 1 aromatic rings. The van der Waals surface area contributed by atoms with Crippen LogP contribution in [0.15, 0.2) is 12.1 Å². The summed E-state index contributed by atoms with van der Waals surface area (Å²) in [6.07, 6.45) is 1.86. The predicted molar refractivity (Wildman–Crippen MR) is 81.5 cm³/mol. The molecule has 2 amide bonds. The van der Waals surface area contributed by atoms with Crippen LogP contribution in [0.25, 0.3) is 0 Å². The van der Waals surface area contributed by atoms with E-state index in [0.29, 0.717) is 17.2 Å². The van der Waals surface area contributed by atoms with Crippen molar-refractivity contribution in [3.63, 3.8) is 0 Å². The lowest BCUT2D eigenvalue weighted by Crippen LogP contribution is -2.56. The highest BCUT2D eigenvalue weighted by atomic mass is 16.2. The maximum Gasteiger partial charge on any atom is 0.262 e. The second-order valence-corrected chi connectivity index (χ2v) is 6.43. The highest BCUT2D eigenvalue weighted by Crippen LogP contribution is 2.32. The molecule has 4 heteroatoms. The van der Waals surface area contributed by atoms with Gasteiger partial charge in [0.1, 0.15) is 0 Å². The Morgan fingerprint density at radius 2 is 1.52 bits per heavy atom. The summed E-state index contributed by atoms with van der Waals surface area (Å²) < 4.78 is 0. The first-order chi connectivity index (χ1) is 9.91. The van der Waals surface area contributed by atoms with E-state index in [2.05, 4.69) is 19.2 Å². The average Bonchev–Trinajstić information content (AvgIpc) is 2.68. The summed E-state index contributed by atoms with van der Waals surface area (Å²) in [4.78, 5) is 27.1. The molecule has 0 aromatic heterocycles. The third-order valence-electron chi connectivity index (χ3n) is 4.84. The first kappa shape index (κ1) is 14.3. The van der Waals surface area contributed by atoms with Crippen LogP contribution in [-0.2, 0) is 0 Å². The molecule has 1 fully saturated rings. The van der Waals surface area contributed by atoms with Crippen LogP contribution >= 0.6 is 0 Å². The van der Waals surface area contributed by atoms with Gasteiger partial charge in [0.25, 0.3) is 11.8 Å². The number of carbonyl (C=O) groups is 2. The number of carbonyl (C=O) groups excluding carboxylic acids is 2. The molecular formula is C17H22N2O2. The molecule has 21 heavy (non-hydrogen) atoms. The van der Waals surface area contributed by atoms with E-state index in [9.17, 15) is 9.59 Å². The number of imide groups is 1. The maximum atomic E-state index is 12.8. The number of piperidine rings is 1. The van der Waals surface area contributed by atoms with Gasteiger partial charge in [-0.1, -0.05) is 12.1 Å². The van der Waals surface area contributed by atoms with Crippen LogP contribution in [0.3, 0.4) is 0 Å². The largest absolute Gasteiger partial charge is 0.310 e. The zero-order valence-electron chi connectivity index (χ0n) is 13.1. The zero-order valence-corrected chi connectivity index (χ0v) is 13.1. The summed E-state index contributed by atoms with van der Waals surface area (Å²) in [6, 6.07) is 4.37. The van der Waals surface area contributed by atoms with Gasteiger partial charge in [0.2, 0.25) is 0 Å². The van der Waals surface area contributed by atoms with Crippen molar-refractivity contribution >= 4 is 11.8 Å². The number of fused-ring (bicyclic) bond motifs is 1. The van der Waals surface area contributed by atoms with Gasteiger partial charge in [-0.2, -0.15) is 0 Å². The van der Waals surface area contributed by atoms with Crippen molar-refractivity contribution in [3.8, 4) is 0 Å². The SMILES string of the molecule is Cc1ccc(C)c2c1C(=O)N(C1CCC(C)NC1C)C2=O. The predicted octanol–water partition coefficient (Wildman–Crippen LogP) is 2.43. The second-order valence-electron chi connectivity index (χ2n) is 6.43. The molecule has 0 radical (unpaired) electrons. The van der Waals surface area contributed by atoms with Gasteiger partial charge in [0.05, 0.1) is 17.2 Å². The van der Waals surface area contributed by atoms with E-state index < -0.39 is 0 Å². The molecule has 3 rings (SSSR count). The summed E-state index contributed by atoms with van der Waals surface area (Å²) in [7, 11) is 0. The van der Waals surface area contributed by atoms with Crippen LogP contribution in [0.5, 0.6) is 0 Å². The number of nitrogens with zero attached hydrogens (tertiary/aromatic N) is 1. The van der Waals surface area contributed by atoms with Crippen molar-refractivity contribution < 1.29 is 9.59 Å². The smallest absolute Gasteiger partial charge is 0.262 e. The Bertz CT molecular complexity index is 582. The minimum Gasteiger partial charge on any atom is -0.310 e. The molecule has 3 unspecified atom stereocenters. The Kier molecular flexibility index (Phi) is 3.36. The van der Waals surface area contributed by atoms with Gasteiger partial charge in [0.15, 0.2) is 0 Å². The lowest BCUT2D eigenvalue weighted by Gasteiger charge is -2.38. The van der Waals surface area contributed by atoms with Gasteiger partial charge in [0, 0.05) is 12.1 Å². The summed E-state index contributed by atoms with van der Waals surface area (Å²) in [5.74, 6) is -0.242. The first-order valence-electron chi connectivity index (χ1n) is 7.66. The van der Waals surface area contributed by atoms with Crippen LogP contribution < -0.4 is 5.32 Å². The molecule has 1 aromatic carbocycles. The molecule has 3 atom stereocenters. The van der Waals surface area contributed by atoms with Crippen LogP contribution in [0.4, 0.5) is 0 Å². The third kappa shape index (κ3) is 2.09. The lowest BCUT2D eigenvalue weighted by molar-refractivity contribution is 0.0504. The molecule has 0 aliphatic carbocycles. The highest BCUT2D eigenvalue weighted by Gasteiger charge is 2.44. The summed E-state index contributed by atoms with van der Waals surface area (Å²) in [5, 5.41) is 3.46. The van der Waals surface area contributed by atoms with E-state index in [-0.39, 0.29) is 23.9 Å². The van der Waals surface area contributed by atoms with Gasteiger partial charge >= 0.3 is 0 Å².